The van der Waals surface area contributed by atoms with E-state index in [1.165, 1.54) is 32.9 Å². The Morgan fingerprint density at radius 3 is 1.55 bits per heavy atom. The summed E-state index contributed by atoms with van der Waals surface area (Å²) in [5.41, 5.74) is 0. The Morgan fingerprint density at radius 1 is 1.18 bits per heavy atom. The van der Waals surface area contributed by atoms with Crippen molar-refractivity contribution < 1.29 is 4.79 Å². The van der Waals surface area contributed by atoms with Gasteiger partial charge < -0.3 is 9.69 Å². The number of nitrogens with zero attached hydrogens (tertiary/aromatic N) is 1. The van der Waals surface area contributed by atoms with E-state index in [1.54, 1.807) is 0 Å². The normalized spacial score (nSPS) is 15.6. The quantitative estimate of drug-likeness (QED) is 0.503. The fourth-order valence-electron chi connectivity index (χ4n) is 0.875. The van der Waals surface area contributed by atoms with Crippen LogP contribution in [0.3, 0.4) is 0 Å². The molecule has 0 aromatic heterocycles. The maximum absolute atomic E-state index is 8.81. The molecule has 0 atom stereocenters. The second-order valence-electron chi connectivity index (χ2n) is 2.25. The van der Waals surface area contributed by atoms with Crippen molar-refractivity contribution in [3.8, 4) is 0 Å². The van der Waals surface area contributed by atoms with Gasteiger partial charge >= 0.3 is 0 Å². The first-order valence-electron chi connectivity index (χ1n) is 4.39. The Bertz CT molecular complexity index is 68.0. The zero-order valence-corrected chi connectivity index (χ0v) is 8.26. The molecule has 1 aliphatic heterocycles. The van der Waals surface area contributed by atoms with Crippen LogP contribution in [0, 0.1) is 0 Å². The van der Waals surface area contributed by atoms with Crippen molar-refractivity contribution in [3.63, 3.8) is 0 Å². The summed E-state index contributed by atoms with van der Waals surface area (Å²) in [6.45, 7) is 8.08. The molecular weight excluding hydrogens is 138 g/mol. The summed E-state index contributed by atoms with van der Waals surface area (Å²) in [4.78, 5) is 11.2. The van der Waals surface area contributed by atoms with Gasteiger partial charge in [0.1, 0.15) is 6.29 Å². The van der Waals surface area contributed by atoms with Crippen LogP contribution >= 0.6 is 0 Å². The summed E-state index contributed by atoms with van der Waals surface area (Å²) in [6, 6.07) is 0. The molecule has 0 N–H and O–H groups in total. The third-order valence-electron chi connectivity index (χ3n) is 1.33. The molecule has 0 radical (unpaired) electrons. The lowest BCUT2D eigenvalue weighted by molar-refractivity contribution is -0.106. The smallest absolute Gasteiger partial charge is 0.116 e. The number of carbonyl (C=O) groups is 1. The first-order chi connectivity index (χ1) is 5.31. The van der Waals surface area contributed by atoms with Crippen LogP contribution in [0.4, 0.5) is 0 Å². The highest BCUT2D eigenvalue weighted by Crippen LogP contribution is 2.01. The zero-order chi connectivity index (χ0) is 9.11. The first-order valence-corrected chi connectivity index (χ1v) is 4.39. The van der Waals surface area contributed by atoms with Crippen LogP contribution in [0.1, 0.15) is 33.6 Å². The summed E-state index contributed by atoms with van der Waals surface area (Å²) in [5, 5.41) is 0. The summed E-state index contributed by atoms with van der Waals surface area (Å²) in [7, 11) is 2.17. The molecule has 0 aromatic rings. The van der Waals surface area contributed by atoms with Crippen LogP contribution in [0.2, 0.25) is 0 Å². The molecule has 2 nitrogen and oxygen atoms in total. The highest BCUT2D eigenvalue weighted by molar-refractivity contribution is 5.44. The van der Waals surface area contributed by atoms with Crippen molar-refractivity contribution in [2.75, 3.05) is 20.1 Å². The third-order valence-corrected chi connectivity index (χ3v) is 1.33. The molecule has 11 heavy (non-hydrogen) atoms. The molecule has 1 heterocycles. The van der Waals surface area contributed by atoms with Crippen molar-refractivity contribution in [2.45, 2.75) is 33.6 Å². The lowest BCUT2D eigenvalue weighted by Crippen LogP contribution is -2.10. The zero-order valence-electron chi connectivity index (χ0n) is 8.26. The highest BCUT2D eigenvalue weighted by Gasteiger charge is 2.03. The number of likely N-dealkylation sites (tertiary alicyclic amines) is 1. The number of hydrogen-bond acceptors (Lipinski definition) is 2. The van der Waals surface area contributed by atoms with Crippen LogP contribution in [-0.2, 0) is 4.79 Å². The van der Waals surface area contributed by atoms with Crippen LogP contribution in [0.25, 0.3) is 0 Å². The second kappa shape index (κ2) is 12.3. The van der Waals surface area contributed by atoms with Crippen molar-refractivity contribution in [1.29, 1.82) is 0 Å². The Kier molecular flexibility index (Phi) is 14.8. The van der Waals surface area contributed by atoms with E-state index >= 15 is 0 Å². The maximum atomic E-state index is 8.81. The lowest BCUT2D eigenvalue weighted by atomic mass is 10.4. The summed E-state index contributed by atoms with van der Waals surface area (Å²) in [6.07, 6.45) is 3.58. The molecule has 1 fully saturated rings. The molecule has 0 unspecified atom stereocenters. The van der Waals surface area contributed by atoms with E-state index in [1.807, 2.05) is 13.8 Å². The Labute approximate surface area is 70.6 Å². The van der Waals surface area contributed by atoms with Gasteiger partial charge in [0, 0.05) is 0 Å². The van der Waals surface area contributed by atoms with E-state index in [2.05, 4.69) is 11.9 Å². The number of hydrogen-bond donors (Lipinski definition) is 0. The highest BCUT2D eigenvalue weighted by atomic mass is 16.1. The maximum Gasteiger partial charge on any atom is 0.116 e. The van der Waals surface area contributed by atoms with Gasteiger partial charge in [-0.2, -0.15) is 0 Å². The molecule has 1 saturated heterocycles. The molecule has 1 aliphatic rings. The van der Waals surface area contributed by atoms with Gasteiger partial charge in [-0.1, -0.05) is 13.8 Å². The fourth-order valence-corrected chi connectivity index (χ4v) is 0.875. The Balaban J connectivity index is 0. The molecule has 0 aromatic carbocycles. The Morgan fingerprint density at radius 2 is 1.45 bits per heavy atom. The molecule has 2 heteroatoms. The van der Waals surface area contributed by atoms with Gasteiger partial charge in [0.2, 0.25) is 0 Å². The van der Waals surface area contributed by atoms with Gasteiger partial charge in [-0.05, 0) is 39.9 Å². The summed E-state index contributed by atoms with van der Waals surface area (Å²) in [5.74, 6) is 0. The first kappa shape index (κ1) is 13.2. The van der Waals surface area contributed by atoms with Gasteiger partial charge in [0.05, 0.1) is 0 Å². The standard InChI is InChI=1S/C5H11N.C2H4O.C2H6/c1-6-4-2-3-5-6;1-2-3;1-2/h2-5H2,1H3;2H,1H3;1-2H3. The average Bonchev–Trinajstić information content (AvgIpc) is 2.46. The van der Waals surface area contributed by atoms with Gasteiger partial charge in [-0.15, -0.1) is 0 Å². The van der Waals surface area contributed by atoms with Crippen molar-refractivity contribution in [3.05, 3.63) is 0 Å². The van der Waals surface area contributed by atoms with Gasteiger partial charge in [-0.3, -0.25) is 0 Å². The van der Waals surface area contributed by atoms with E-state index < -0.39 is 0 Å². The molecule has 0 aliphatic carbocycles. The van der Waals surface area contributed by atoms with Crippen molar-refractivity contribution in [1.82, 2.24) is 4.90 Å². The van der Waals surface area contributed by atoms with Crippen LogP contribution in [0.5, 0.6) is 0 Å². The summed E-state index contributed by atoms with van der Waals surface area (Å²) >= 11 is 0. The molecular formula is C9H21NO. The predicted molar refractivity (Wildman–Crippen MR) is 49.8 cm³/mol. The monoisotopic (exact) mass is 159 g/mol. The molecule has 0 bridgehead atoms. The molecule has 0 amide bonds. The summed E-state index contributed by atoms with van der Waals surface area (Å²) < 4.78 is 0. The van der Waals surface area contributed by atoms with Crippen LogP contribution in [0.15, 0.2) is 0 Å². The second-order valence-corrected chi connectivity index (χ2v) is 2.25. The Hall–Kier alpha value is -0.370. The number of rotatable bonds is 0. The minimum atomic E-state index is 0.750. The molecule has 1 rings (SSSR count). The van der Waals surface area contributed by atoms with Gasteiger partial charge in [-0.25, -0.2) is 0 Å². The fraction of sp³-hybridized carbons (Fsp3) is 0.889. The third kappa shape index (κ3) is 12.8. The average molecular weight is 159 g/mol. The van der Waals surface area contributed by atoms with E-state index in [4.69, 9.17) is 4.79 Å². The van der Waals surface area contributed by atoms with E-state index in [9.17, 15) is 0 Å². The minimum absolute atomic E-state index is 0.750. The minimum Gasteiger partial charge on any atom is -0.306 e. The van der Waals surface area contributed by atoms with E-state index in [-0.39, 0.29) is 0 Å². The molecule has 0 saturated carbocycles. The van der Waals surface area contributed by atoms with Crippen molar-refractivity contribution in [2.24, 2.45) is 0 Å². The van der Waals surface area contributed by atoms with Gasteiger partial charge in [0.15, 0.2) is 0 Å². The van der Waals surface area contributed by atoms with Crippen LogP contribution in [-0.4, -0.2) is 31.3 Å². The lowest BCUT2D eigenvalue weighted by Gasteiger charge is -2.01. The largest absolute Gasteiger partial charge is 0.306 e. The van der Waals surface area contributed by atoms with E-state index in [0.29, 0.717) is 0 Å². The molecule has 0 spiro atoms. The molecule has 68 valence electrons. The van der Waals surface area contributed by atoms with Gasteiger partial charge in [0.25, 0.3) is 0 Å². The number of aldehydes is 1. The van der Waals surface area contributed by atoms with Crippen LogP contribution < -0.4 is 0 Å². The number of carbonyl (C=O) groups excluding carboxylic acids is 1. The topological polar surface area (TPSA) is 20.3 Å². The van der Waals surface area contributed by atoms with E-state index in [0.717, 1.165) is 6.29 Å². The predicted octanol–water partition coefficient (Wildman–Crippen LogP) is 1.94. The van der Waals surface area contributed by atoms with Crippen molar-refractivity contribution >= 4 is 6.29 Å². The SMILES string of the molecule is CC.CC=O.CN1CCCC1.